The standard InChI is InChI=1S/C23H29NO6S/c1-16(2)30-20-8-6-18(7-9-20)23(25)24(19-11-12-31(26,27)15-19)14-17-5-10-21(28-3)22(13-17)29-4/h5-10,13,16,19H,11-12,14-15H2,1-4H3/t19-/m1/s1. The minimum atomic E-state index is -3.15. The lowest BCUT2D eigenvalue weighted by Crippen LogP contribution is -2.40. The lowest BCUT2D eigenvalue weighted by Gasteiger charge is -2.29. The maximum absolute atomic E-state index is 13.4. The van der Waals surface area contributed by atoms with Crippen LogP contribution in [0.15, 0.2) is 42.5 Å². The molecule has 0 N–H and O–H groups in total. The second-order valence-corrected chi connectivity index (χ2v) is 10.1. The van der Waals surface area contributed by atoms with Crippen LogP contribution >= 0.6 is 0 Å². The summed E-state index contributed by atoms with van der Waals surface area (Å²) < 4.78 is 40.5. The molecule has 1 aliphatic heterocycles. The van der Waals surface area contributed by atoms with E-state index >= 15 is 0 Å². The summed E-state index contributed by atoms with van der Waals surface area (Å²) in [5.74, 6) is 1.68. The van der Waals surface area contributed by atoms with E-state index in [9.17, 15) is 13.2 Å². The molecular formula is C23H29NO6S. The van der Waals surface area contributed by atoms with E-state index in [-0.39, 0.29) is 36.1 Å². The fraction of sp³-hybridized carbons (Fsp3) is 0.435. The molecule has 1 aliphatic rings. The van der Waals surface area contributed by atoms with Crippen molar-refractivity contribution in [2.45, 2.75) is 39.0 Å². The molecule has 0 radical (unpaired) electrons. The van der Waals surface area contributed by atoms with Crippen molar-refractivity contribution in [1.29, 1.82) is 0 Å². The summed E-state index contributed by atoms with van der Waals surface area (Å²) in [5.41, 5.74) is 1.32. The lowest BCUT2D eigenvalue weighted by molar-refractivity contribution is 0.0680. The number of ether oxygens (including phenoxy) is 3. The van der Waals surface area contributed by atoms with E-state index in [0.29, 0.717) is 29.2 Å². The van der Waals surface area contributed by atoms with Gasteiger partial charge in [-0.15, -0.1) is 0 Å². The van der Waals surface area contributed by atoms with E-state index in [1.807, 2.05) is 26.0 Å². The predicted molar refractivity (Wildman–Crippen MR) is 119 cm³/mol. The summed E-state index contributed by atoms with van der Waals surface area (Å²) in [4.78, 5) is 15.0. The number of amides is 1. The van der Waals surface area contributed by atoms with Gasteiger partial charge in [-0.1, -0.05) is 6.07 Å². The van der Waals surface area contributed by atoms with Gasteiger partial charge in [-0.05, 0) is 62.2 Å². The van der Waals surface area contributed by atoms with Gasteiger partial charge in [0.25, 0.3) is 5.91 Å². The van der Waals surface area contributed by atoms with E-state index in [4.69, 9.17) is 14.2 Å². The predicted octanol–water partition coefficient (Wildman–Crippen LogP) is 3.32. The van der Waals surface area contributed by atoms with Gasteiger partial charge in [0.2, 0.25) is 0 Å². The van der Waals surface area contributed by atoms with Crippen molar-refractivity contribution < 1.29 is 27.4 Å². The first-order valence-electron chi connectivity index (χ1n) is 10.2. The largest absolute Gasteiger partial charge is 0.493 e. The van der Waals surface area contributed by atoms with Crippen molar-refractivity contribution in [3.8, 4) is 17.2 Å². The minimum absolute atomic E-state index is 0.0272. The molecule has 1 atom stereocenters. The average Bonchev–Trinajstić information content (AvgIpc) is 3.10. The van der Waals surface area contributed by atoms with Crippen molar-refractivity contribution in [2.24, 2.45) is 0 Å². The Balaban J connectivity index is 1.89. The molecule has 1 fully saturated rings. The third kappa shape index (κ3) is 5.70. The molecule has 2 aromatic rings. The number of sulfone groups is 1. The monoisotopic (exact) mass is 447 g/mol. The summed E-state index contributed by atoms with van der Waals surface area (Å²) in [6, 6.07) is 12.0. The highest BCUT2D eigenvalue weighted by Crippen LogP contribution is 2.30. The summed E-state index contributed by atoms with van der Waals surface area (Å²) >= 11 is 0. The third-order valence-corrected chi connectivity index (χ3v) is 6.93. The van der Waals surface area contributed by atoms with Gasteiger partial charge in [0.1, 0.15) is 5.75 Å². The van der Waals surface area contributed by atoms with E-state index in [1.54, 1.807) is 49.5 Å². The molecule has 8 heteroatoms. The summed E-state index contributed by atoms with van der Waals surface area (Å²) in [6.45, 7) is 4.14. The smallest absolute Gasteiger partial charge is 0.254 e. The van der Waals surface area contributed by atoms with Gasteiger partial charge < -0.3 is 19.1 Å². The normalized spacial score (nSPS) is 17.4. The Morgan fingerprint density at radius 1 is 1.06 bits per heavy atom. The minimum Gasteiger partial charge on any atom is -0.493 e. The Morgan fingerprint density at radius 3 is 2.29 bits per heavy atom. The molecule has 7 nitrogen and oxygen atoms in total. The highest BCUT2D eigenvalue weighted by Gasteiger charge is 2.35. The van der Waals surface area contributed by atoms with Crippen LogP contribution in [0.1, 0.15) is 36.2 Å². The second-order valence-electron chi connectivity index (χ2n) is 7.87. The molecule has 31 heavy (non-hydrogen) atoms. The van der Waals surface area contributed by atoms with Gasteiger partial charge in [0.15, 0.2) is 21.3 Å². The molecule has 1 heterocycles. The van der Waals surface area contributed by atoms with Crippen LogP contribution in [0, 0.1) is 0 Å². The number of hydrogen-bond acceptors (Lipinski definition) is 6. The number of carbonyl (C=O) groups is 1. The number of methoxy groups -OCH3 is 2. The Bertz CT molecular complexity index is 1020. The Labute approximate surface area is 183 Å². The fourth-order valence-electron chi connectivity index (χ4n) is 3.68. The third-order valence-electron chi connectivity index (χ3n) is 5.18. The van der Waals surface area contributed by atoms with Gasteiger partial charge in [0, 0.05) is 18.2 Å². The molecular weight excluding hydrogens is 418 g/mol. The Kier molecular flexibility index (Phi) is 7.10. The van der Waals surface area contributed by atoms with Gasteiger partial charge in [-0.3, -0.25) is 4.79 Å². The van der Waals surface area contributed by atoms with Crippen LogP contribution in [0.25, 0.3) is 0 Å². The van der Waals surface area contributed by atoms with Crippen molar-refractivity contribution in [1.82, 2.24) is 4.90 Å². The van der Waals surface area contributed by atoms with Gasteiger partial charge in [-0.2, -0.15) is 0 Å². The fourth-order valence-corrected chi connectivity index (χ4v) is 5.41. The number of benzene rings is 2. The average molecular weight is 448 g/mol. The first kappa shape index (κ1) is 22.9. The van der Waals surface area contributed by atoms with Gasteiger partial charge in [-0.25, -0.2) is 8.42 Å². The maximum atomic E-state index is 13.4. The second kappa shape index (κ2) is 9.60. The zero-order valence-electron chi connectivity index (χ0n) is 18.3. The highest BCUT2D eigenvalue weighted by atomic mass is 32.2. The molecule has 0 aromatic heterocycles. The molecule has 1 saturated heterocycles. The van der Waals surface area contributed by atoms with Gasteiger partial charge >= 0.3 is 0 Å². The van der Waals surface area contributed by atoms with E-state index in [2.05, 4.69) is 0 Å². The molecule has 2 aromatic carbocycles. The van der Waals surface area contributed by atoms with Crippen LogP contribution in [0.2, 0.25) is 0 Å². The first-order valence-corrected chi connectivity index (χ1v) is 12.0. The first-order chi connectivity index (χ1) is 14.7. The molecule has 1 amide bonds. The molecule has 0 spiro atoms. The van der Waals surface area contributed by atoms with Crippen molar-refractivity contribution >= 4 is 15.7 Å². The number of hydrogen-bond donors (Lipinski definition) is 0. The van der Waals surface area contributed by atoms with Crippen molar-refractivity contribution in [3.63, 3.8) is 0 Å². The van der Waals surface area contributed by atoms with Crippen LogP contribution in [-0.2, 0) is 16.4 Å². The van der Waals surface area contributed by atoms with E-state index in [0.717, 1.165) is 5.56 Å². The van der Waals surface area contributed by atoms with Crippen molar-refractivity contribution in [3.05, 3.63) is 53.6 Å². The van der Waals surface area contributed by atoms with Crippen LogP contribution in [0.4, 0.5) is 0 Å². The van der Waals surface area contributed by atoms with Gasteiger partial charge in [0.05, 0.1) is 31.8 Å². The Morgan fingerprint density at radius 2 is 1.74 bits per heavy atom. The molecule has 0 bridgehead atoms. The summed E-state index contributed by atoms with van der Waals surface area (Å²) in [7, 11) is -0.0413. The number of nitrogens with zero attached hydrogens (tertiary/aromatic N) is 1. The SMILES string of the molecule is COc1ccc(CN(C(=O)c2ccc(OC(C)C)cc2)[C@@H]2CCS(=O)(=O)C2)cc1OC. The molecule has 0 aliphatic carbocycles. The molecule has 0 unspecified atom stereocenters. The summed E-state index contributed by atoms with van der Waals surface area (Å²) in [6.07, 6.45) is 0.461. The van der Waals surface area contributed by atoms with Crippen molar-refractivity contribution in [2.75, 3.05) is 25.7 Å². The zero-order valence-corrected chi connectivity index (χ0v) is 19.1. The summed E-state index contributed by atoms with van der Waals surface area (Å²) in [5, 5.41) is 0. The van der Waals surface area contributed by atoms with E-state index in [1.165, 1.54) is 0 Å². The number of carbonyl (C=O) groups excluding carboxylic acids is 1. The molecule has 168 valence electrons. The lowest BCUT2D eigenvalue weighted by atomic mass is 10.1. The van der Waals surface area contributed by atoms with Crippen LogP contribution in [-0.4, -0.2) is 57.1 Å². The zero-order chi connectivity index (χ0) is 22.6. The highest BCUT2D eigenvalue weighted by molar-refractivity contribution is 7.91. The molecule has 0 saturated carbocycles. The Hall–Kier alpha value is -2.74. The van der Waals surface area contributed by atoms with Crippen LogP contribution in [0.3, 0.4) is 0 Å². The molecule has 3 rings (SSSR count). The number of rotatable bonds is 8. The van der Waals surface area contributed by atoms with E-state index < -0.39 is 9.84 Å². The topological polar surface area (TPSA) is 82.1 Å². The van der Waals surface area contributed by atoms with Crippen LogP contribution < -0.4 is 14.2 Å². The quantitative estimate of drug-likeness (QED) is 0.617. The van der Waals surface area contributed by atoms with Crippen LogP contribution in [0.5, 0.6) is 17.2 Å². The maximum Gasteiger partial charge on any atom is 0.254 e.